The molecule has 2 rings (SSSR count). The summed E-state index contributed by atoms with van der Waals surface area (Å²) in [6.07, 6.45) is 1.91. The Kier molecular flexibility index (Phi) is 5.08. The number of hydrogen-bond donors (Lipinski definition) is 1. The van der Waals surface area contributed by atoms with Crippen LogP contribution in [0.1, 0.15) is 31.4 Å². The topological polar surface area (TPSA) is 32.7 Å². The molecule has 2 atom stereocenters. The lowest BCUT2D eigenvalue weighted by atomic mass is 9.98. The fourth-order valence-electron chi connectivity index (χ4n) is 2.70. The lowest BCUT2D eigenvalue weighted by Crippen LogP contribution is -2.37. The smallest absolute Gasteiger partial charge is 0.0762 e. The molecule has 1 heterocycles. The zero-order valence-electron chi connectivity index (χ0n) is 11.6. The molecule has 1 saturated heterocycles. The number of methoxy groups -OCH3 is 1. The van der Waals surface area contributed by atoms with Gasteiger partial charge in [-0.15, -0.1) is 0 Å². The minimum absolute atomic E-state index is 0.478. The Labute approximate surface area is 120 Å². The van der Waals surface area contributed by atoms with E-state index in [9.17, 15) is 5.11 Å². The van der Waals surface area contributed by atoms with E-state index in [1.807, 2.05) is 18.2 Å². The quantitative estimate of drug-likeness (QED) is 0.921. The van der Waals surface area contributed by atoms with Crippen molar-refractivity contribution >= 4 is 17.3 Å². The molecule has 0 aromatic heterocycles. The number of anilines is 1. The van der Waals surface area contributed by atoms with Gasteiger partial charge in [0.2, 0.25) is 0 Å². The van der Waals surface area contributed by atoms with Crippen LogP contribution in [0.3, 0.4) is 0 Å². The Morgan fingerprint density at radius 1 is 1.53 bits per heavy atom. The number of benzene rings is 1. The largest absolute Gasteiger partial charge is 0.389 e. The molecule has 1 aromatic rings. The van der Waals surface area contributed by atoms with Gasteiger partial charge in [-0.25, -0.2) is 0 Å². The van der Waals surface area contributed by atoms with Crippen molar-refractivity contribution in [2.24, 2.45) is 5.92 Å². The van der Waals surface area contributed by atoms with Gasteiger partial charge in [-0.05, 0) is 43.4 Å². The van der Waals surface area contributed by atoms with Gasteiger partial charge in [0, 0.05) is 20.2 Å². The van der Waals surface area contributed by atoms with Crippen LogP contribution >= 0.6 is 11.6 Å². The molecule has 4 heteroatoms. The molecule has 0 aliphatic carbocycles. The summed E-state index contributed by atoms with van der Waals surface area (Å²) in [6.45, 7) is 4.58. The average molecular weight is 284 g/mol. The maximum Gasteiger partial charge on any atom is 0.0762 e. The summed E-state index contributed by atoms with van der Waals surface area (Å²) < 4.78 is 5.25. The molecule has 1 aliphatic heterocycles. The molecule has 1 aromatic carbocycles. The summed E-state index contributed by atoms with van der Waals surface area (Å²) >= 11 is 6.35. The molecule has 106 valence electrons. The number of ether oxygens (including phenoxy) is 1. The van der Waals surface area contributed by atoms with E-state index in [-0.39, 0.29) is 0 Å². The molecule has 1 unspecified atom stereocenters. The molecule has 19 heavy (non-hydrogen) atoms. The van der Waals surface area contributed by atoms with Crippen molar-refractivity contribution in [3.63, 3.8) is 0 Å². The van der Waals surface area contributed by atoms with Gasteiger partial charge in [0.05, 0.1) is 23.4 Å². The molecule has 0 radical (unpaired) electrons. The summed E-state index contributed by atoms with van der Waals surface area (Å²) in [5.41, 5.74) is 1.92. The lowest BCUT2D eigenvalue weighted by molar-refractivity contribution is 0.143. The van der Waals surface area contributed by atoms with E-state index in [1.54, 1.807) is 14.0 Å². The van der Waals surface area contributed by atoms with Gasteiger partial charge in [-0.1, -0.05) is 17.7 Å². The Hall–Kier alpha value is -0.770. The first-order valence-corrected chi connectivity index (χ1v) is 7.21. The van der Waals surface area contributed by atoms with Crippen LogP contribution in [-0.2, 0) is 4.74 Å². The Balaban J connectivity index is 2.12. The Morgan fingerprint density at radius 2 is 2.32 bits per heavy atom. The number of halogens is 1. The van der Waals surface area contributed by atoms with Gasteiger partial charge in [-0.2, -0.15) is 0 Å². The van der Waals surface area contributed by atoms with E-state index in [2.05, 4.69) is 4.90 Å². The van der Waals surface area contributed by atoms with Crippen LogP contribution in [0.15, 0.2) is 18.2 Å². The van der Waals surface area contributed by atoms with Gasteiger partial charge in [0.25, 0.3) is 0 Å². The highest BCUT2D eigenvalue weighted by atomic mass is 35.5. The van der Waals surface area contributed by atoms with E-state index >= 15 is 0 Å². The standard InChI is InChI=1S/C15H22ClNO2/c1-11(18)13-5-6-15(14(16)8-13)17-7-3-4-12(9-17)10-19-2/h5-6,8,11-12,18H,3-4,7,9-10H2,1-2H3/t11-,12?/m0/s1. The van der Waals surface area contributed by atoms with Crippen LogP contribution in [-0.4, -0.2) is 31.9 Å². The third-order valence-corrected chi connectivity index (χ3v) is 4.02. The summed E-state index contributed by atoms with van der Waals surface area (Å²) in [4.78, 5) is 2.32. The number of hydrogen-bond acceptors (Lipinski definition) is 3. The van der Waals surface area contributed by atoms with E-state index in [0.29, 0.717) is 5.92 Å². The van der Waals surface area contributed by atoms with Crippen LogP contribution in [0.5, 0.6) is 0 Å². The summed E-state index contributed by atoms with van der Waals surface area (Å²) in [5, 5.41) is 10.3. The Bertz CT molecular complexity index is 421. The van der Waals surface area contributed by atoms with E-state index in [4.69, 9.17) is 16.3 Å². The van der Waals surface area contributed by atoms with E-state index < -0.39 is 6.10 Å². The second-order valence-corrected chi connectivity index (χ2v) is 5.70. The van der Waals surface area contributed by atoms with Crippen LogP contribution in [0, 0.1) is 5.92 Å². The Morgan fingerprint density at radius 3 is 2.95 bits per heavy atom. The third-order valence-electron chi connectivity index (χ3n) is 3.72. The van der Waals surface area contributed by atoms with Crippen LogP contribution in [0.2, 0.25) is 5.02 Å². The molecule has 1 N–H and O–H groups in total. The molecule has 0 spiro atoms. The van der Waals surface area contributed by atoms with Crippen LogP contribution in [0.4, 0.5) is 5.69 Å². The van der Waals surface area contributed by atoms with Crippen LogP contribution in [0.25, 0.3) is 0 Å². The zero-order valence-corrected chi connectivity index (χ0v) is 12.4. The van der Waals surface area contributed by atoms with Crippen molar-refractivity contribution in [1.82, 2.24) is 0 Å². The van der Waals surface area contributed by atoms with Gasteiger partial charge >= 0.3 is 0 Å². The second-order valence-electron chi connectivity index (χ2n) is 5.30. The van der Waals surface area contributed by atoms with Gasteiger partial charge in [0.15, 0.2) is 0 Å². The van der Waals surface area contributed by atoms with Gasteiger partial charge in [-0.3, -0.25) is 0 Å². The summed E-state index contributed by atoms with van der Waals surface area (Å²) in [6, 6.07) is 5.83. The number of aliphatic hydroxyl groups is 1. The van der Waals surface area contributed by atoms with Crippen molar-refractivity contribution in [3.05, 3.63) is 28.8 Å². The first kappa shape index (κ1) is 14.6. The van der Waals surface area contributed by atoms with E-state index in [1.165, 1.54) is 12.8 Å². The number of aliphatic hydroxyl groups excluding tert-OH is 1. The van der Waals surface area contributed by atoms with Crippen LogP contribution < -0.4 is 4.90 Å². The first-order valence-electron chi connectivity index (χ1n) is 6.83. The highest BCUT2D eigenvalue weighted by Crippen LogP contribution is 2.32. The monoisotopic (exact) mass is 283 g/mol. The number of nitrogens with zero attached hydrogens (tertiary/aromatic N) is 1. The van der Waals surface area contributed by atoms with Crippen molar-refractivity contribution < 1.29 is 9.84 Å². The predicted octanol–water partition coefficient (Wildman–Crippen LogP) is 3.26. The van der Waals surface area contributed by atoms with Gasteiger partial charge in [0.1, 0.15) is 0 Å². The number of rotatable bonds is 4. The molecule has 1 fully saturated rings. The maximum atomic E-state index is 9.57. The molecule has 0 amide bonds. The molecule has 1 aliphatic rings. The minimum atomic E-state index is -0.478. The van der Waals surface area contributed by atoms with Crippen molar-refractivity contribution in [1.29, 1.82) is 0 Å². The third kappa shape index (κ3) is 3.62. The predicted molar refractivity (Wildman–Crippen MR) is 78.9 cm³/mol. The lowest BCUT2D eigenvalue weighted by Gasteiger charge is -2.34. The summed E-state index contributed by atoms with van der Waals surface area (Å²) in [7, 11) is 1.75. The van der Waals surface area contributed by atoms with E-state index in [0.717, 1.165) is 36.0 Å². The fourth-order valence-corrected chi connectivity index (χ4v) is 3.00. The maximum absolute atomic E-state index is 9.57. The summed E-state index contributed by atoms with van der Waals surface area (Å²) in [5.74, 6) is 0.575. The highest BCUT2D eigenvalue weighted by Gasteiger charge is 2.21. The molecular formula is C15H22ClNO2. The second kappa shape index (κ2) is 6.60. The number of piperidine rings is 1. The van der Waals surface area contributed by atoms with Crippen molar-refractivity contribution in [2.45, 2.75) is 25.9 Å². The zero-order chi connectivity index (χ0) is 13.8. The fraction of sp³-hybridized carbons (Fsp3) is 0.600. The highest BCUT2D eigenvalue weighted by molar-refractivity contribution is 6.33. The normalized spacial score (nSPS) is 21.5. The average Bonchev–Trinajstić information content (AvgIpc) is 2.39. The molecule has 0 bridgehead atoms. The molecular weight excluding hydrogens is 262 g/mol. The van der Waals surface area contributed by atoms with Crippen molar-refractivity contribution in [2.75, 3.05) is 31.7 Å². The SMILES string of the molecule is COCC1CCCN(c2ccc([C@H](C)O)cc2Cl)C1. The van der Waals surface area contributed by atoms with Crippen molar-refractivity contribution in [3.8, 4) is 0 Å². The van der Waals surface area contributed by atoms with Gasteiger partial charge < -0.3 is 14.7 Å². The first-order chi connectivity index (χ1) is 9.11. The molecule has 0 saturated carbocycles. The molecule has 3 nitrogen and oxygen atoms in total. The minimum Gasteiger partial charge on any atom is -0.389 e.